The van der Waals surface area contributed by atoms with Crippen LogP contribution in [0, 0.1) is 0 Å². The molecule has 0 aromatic rings. The van der Waals surface area contributed by atoms with Crippen molar-refractivity contribution in [2.24, 2.45) is 0 Å². The first-order valence-electron chi connectivity index (χ1n) is 5.31. The first kappa shape index (κ1) is 20.0. The summed E-state index contributed by atoms with van der Waals surface area (Å²) in [5.41, 5.74) is 0.910. The van der Waals surface area contributed by atoms with Crippen molar-refractivity contribution >= 4 is 0 Å². The zero-order valence-corrected chi connectivity index (χ0v) is 11.3. The fourth-order valence-electron chi connectivity index (χ4n) is 0.326. The number of rotatable bonds is 2. The molecule has 1 nitrogen and oxygen atoms in total. The van der Waals surface area contributed by atoms with Gasteiger partial charge in [0.25, 0.3) is 0 Å². The molecular weight excluding hydrogens is 196 g/mol. The second-order valence-electron chi connectivity index (χ2n) is 3.05. The van der Waals surface area contributed by atoms with E-state index < -0.39 is 0 Å². The zero-order valence-electron chi connectivity index (χ0n) is 11.3. The summed E-state index contributed by atoms with van der Waals surface area (Å²) in [5, 5.41) is 9.00. The summed E-state index contributed by atoms with van der Waals surface area (Å²) in [6.07, 6.45) is 10.7. The molecule has 92 valence electrons. The molecule has 0 bridgehead atoms. The Labute approximate surface area is 101 Å². The van der Waals surface area contributed by atoms with Crippen molar-refractivity contribution in [1.29, 1.82) is 0 Å². The number of hydrogen-bond acceptors (Lipinski definition) is 1. The van der Waals surface area contributed by atoms with Crippen molar-refractivity contribution in [1.82, 2.24) is 0 Å². The Hall–Kier alpha value is -1.50. The van der Waals surface area contributed by atoms with E-state index in [1.54, 1.807) is 24.3 Å². The van der Waals surface area contributed by atoms with Gasteiger partial charge in [-0.3, -0.25) is 0 Å². The minimum absolute atomic E-state index is 0.315. The minimum Gasteiger partial charge on any atom is -0.508 e. The molecule has 1 heteroatoms. The van der Waals surface area contributed by atoms with Crippen molar-refractivity contribution in [2.45, 2.75) is 34.6 Å². The Kier molecular flexibility index (Phi) is 23.9. The lowest BCUT2D eigenvalue weighted by Gasteiger charge is -1.91. The van der Waals surface area contributed by atoms with Gasteiger partial charge in [-0.25, -0.2) is 0 Å². The lowest BCUT2D eigenvalue weighted by atomic mass is 10.3. The molecule has 1 N–H and O–H groups in total. The van der Waals surface area contributed by atoms with Gasteiger partial charge in [0.15, 0.2) is 0 Å². The second kappa shape index (κ2) is 19.1. The Morgan fingerprint density at radius 3 is 1.56 bits per heavy atom. The highest BCUT2D eigenvalue weighted by Crippen LogP contribution is 1.99. The first-order chi connectivity index (χ1) is 7.51. The van der Waals surface area contributed by atoms with Crippen LogP contribution in [0.2, 0.25) is 0 Å². The van der Waals surface area contributed by atoms with Crippen molar-refractivity contribution in [2.75, 3.05) is 0 Å². The van der Waals surface area contributed by atoms with Gasteiger partial charge in [-0.05, 0) is 46.3 Å². The molecule has 0 unspecified atom stereocenters. The molecule has 0 rings (SSSR count). The molecule has 0 saturated carbocycles. The predicted molar refractivity (Wildman–Crippen MR) is 76.7 cm³/mol. The van der Waals surface area contributed by atoms with Gasteiger partial charge in [-0.1, -0.05) is 37.0 Å². The average molecular weight is 222 g/mol. The van der Waals surface area contributed by atoms with Gasteiger partial charge < -0.3 is 5.11 Å². The first-order valence-corrected chi connectivity index (χ1v) is 5.31. The van der Waals surface area contributed by atoms with E-state index in [9.17, 15) is 0 Å². The minimum atomic E-state index is 0.315. The summed E-state index contributed by atoms with van der Waals surface area (Å²) >= 11 is 0. The van der Waals surface area contributed by atoms with Crippen LogP contribution in [0.4, 0.5) is 0 Å². The maximum atomic E-state index is 9.00. The molecule has 0 heterocycles. The van der Waals surface area contributed by atoms with E-state index in [2.05, 4.69) is 13.2 Å². The van der Waals surface area contributed by atoms with Gasteiger partial charge in [-0.15, -0.1) is 6.58 Å². The monoisotopic (exact) mass is 222 g/mol. The molecule has 16 heavy (non-hydrogen) atoms. The Bertz CT molecular complexity index is 234. The van der Waals surface area contributed by atoms with Gasteiger partial charge in [0.2, 0.25) is 0 Å². The van der Waals surface area contributed by atoms with Crippen LogP contribution in [0.5, 0.6) is 0 Å². The fraction of sp³-hybridized carbons (Fsp3) is 0.333. The smallest absolute Gasteiger partial charge is 0.114 e. The zero-order chi connectivity index (χ0) is 13.4. The van der Waals surface area contributed by atoms with Gasteiger partial charge in [-0.2, -0.15) is 0 Å². The molecule has 0 radical (unpaired) electrons. The Balaban J connectivity index is -0.000000201. The predicted octanol–water partition coefficient (Wildman–Crippen LogP) is 5.36. The van der Waals surface area contributed by atoms with E-state index in [1.165, 1.54) is 0 Å². The second-order valence-corrected chi connectivity index (χ2v) is 3.05. The van der Waals surface area contributed by atoms with E-state index in [1.807, 2.05) is 46.8 Å². The normalized spacial score (nSPS) is 8.56. The summed E-state index contributed by atoms with van der Waals surface area (Å²) < 4.78 is 0. The van der Waals surface area contributed by atoms with E-state index >= 15 is 0 Å². The van der Waals surface area contributed by atoms with Crippen LogP contribution >= 0.6 is 0 Å². The molecule has 0 aromatic heterocycles. The van der Waals surface area contributed by atoms with Crippen LogP contribution in [0.25, 0.3) is 0 Å². The molecule has 0 aliphatic rings. The topological polar surface area (TPSA) is 20.2 Å². The fourth-order valence-corrected chi connectivity index (χ4v) is 0.326. The van der Waals surface area contributed by atoms with Crippen molar-refractivity contribution in [3.8, 4) is 0 Å². The van der Waals surface area contributed by atoms with Crippen LogP contribution in [-0.2, 0) is 0 Å². The molecule has 0 atom stereocenters. The number of allylic oxidation sites excluding steroid dienone is 7. The number of hydrogen-bond donors (Lipinski definition) is 1. The van der Waals surface area contributed by atoms with Crippen molar-refractivity contribution in [3.05, 3.63) is 60.9 Å². The SMILES string of the molecule is C/C=C\C.C=C/C=C\C(O)=C(C)C.C=CC. The van der Waals surface area contributed by atoms with E-state index in [0.717, 1.165) is 5.57 Å². The molecule has 0 fully saturated rings. The maximum absolute atomic E-state index is 9.00. The summed E-state index contributed by atoms with van der Waals surface area (Å²) in [6, 6.07) is 0. The molecular formula is C15H26O. The standard InChI is InChI=1S/C8H12O.C4H8.C3H6/c1-4-5-6-8(9)7(2)3;1-3-4-2;1-3-2/h4-6,9H,1H2,2-3H3;3-4H,1-2H3;3H,1H2,2H3/b6-5-;4-3-;. The molecule has 0 aliphatic carbocycles. The summed E-state index contributed by atoms with van der Waals surface area (Å²) in [5.74, 6) is 0.315. The maximum Gasteiger partial charge on any atom is 0.114 e. The summed E-state index contributed by atoms with van der Waals surface area (Å²) in [7, 11) is 0. The lowest BCUT2D eigenvalue weighted by Crippen LogP contribution is -1.76. The van der Waals surface area contributed by atoms with Crippen LogP contribution in [-0.4, -0.2) is 5.11 Å². The van der Waals surface area contributed by atoms with Crippen LogP contribution in [0.1, 0.15) is 34.6 Å². The van der Waals surface area contributed by atoms with E-state index in [4.69, 9.17) is 5.11 Å². The van der Waals surface area contributed by atoms with E-state index in [0.29, 0.717) is 5.76 Å². The lowest BCUT2D eigenvalue weighted by molar-refractivity contribution is 0.425. The van der Waals surface area contributed by atoms with Crippen LogP contribution in [0.3, 0.4) is 0 Å². The molecule has 0 aromatic carbocycles. The van der Waals surface area contributed by atoms with Gasteiger partial charge in [0.1, 0.15) is 5.76 Å². The largest absolute Gasteiger partial charge is 0.508 e. The quantitative estimate of drug-likeness (QED) is 0.379. The third-order valence-electron chi connectivity index (χ3n) is 1.24. The van der Waals surface area contributed by atoms with E-state index in [-0.39, 0.29) is 0 Å². The highest BCUT2D eigenvalue weighted by molar-refractivity contribution is 5.18. The Morgan fingerprint density at radius 1 is 1.00 bits per heavy atom. The van der Waals surface area contributed by atoms with Gasteiger partial charge >= 0.3 is 0 Å². The molecule has 0 spiro atoms. The summed E-state index contributed by atoms with van der Waals surface area (Å²) in [6.45, 7) is 16.4. The number of aliphatic hydroxyl groups is 1. The molecule has 0 saturated heterocycles. The third kappa shape index (κ3) is 29.4. The number of aliphatic hydroxyl groups excluding tert-OH is 1. The van der Waals surface area contributed by atoms with Crippen LogP contribution in [0.15, 0.2) is 60.9 Å². The summed E-state index contributed by atoms with van der Waals surface area (Å²) in [4.78, 5) is 0. The highest BCUT2D eigenvalue weighted by Gasteiger charge is 1.84. The van der Waals surface area contributed by atoms with Crippen molar-refractivity contribution < 1.29 is 5.11 Å². The van der Waals surface area contributed by atoms with Crippen LogP contribution < -0.4 is 0 Å². The third-order valence-corrected chi connectivity index (χ3v) is 1.24. The average Bonchev–Trinajstić information content (AvgIpc) is 2.27. The highest BCUT2D eigenvalue weighted by atomic mass is 16.3. The molecule has 0 amide bonds. The van der Waals surface area contributed by atoms with Crippen molar-refractivity contribution in [3.63, 3.8) is 0 Å². The molecule has 0 aliphatic heterocycles. The van der Waals surface area contributed by atoms with Gasteiger partial charge in [0.05, 0.1) is 0 Å². The van der Waals surface area contributed by atoms with Gasteiger partial charge in [0, 0.05) is 0 Å². The Morgan fingerprint density at radius 2 is 1.38 bits per heavy atom.